The van der Waals surface area contributed by atoms with Crippen LogP contribution in [0.5, 0.6) is 0 Å². The number of nitrogens with one attached hydrogen (secondary N) is 1. The number of benzene rings is 2. The highest BCUT2D eigenvalue weighted by molar-refractivity contribution is 5.85. The van der Waals surface area contributed by atoms with Crippen molar-refractivity contribution in [3.8, 4) is 0 Å². The minimum absolute atomic E-state index is 0. The fourth-order valence-electron chi connectivity index (χ4n) is 10.7. The number of rotatable bonds is 14. The molecule has 0 aromatic heterocycles. The number of carbonyl (C=O) groups is 3. The average Bonchev–Trinajstić information content (AvgIpc) is 3.77. The first-order chi connectivity index (χ1) is 30.3. The Morgan fingerprint density at radius 1 is 0.597 bits per heavy atom. The summed E-state index contributed by atoms with van der Waals surface area (Å²) in [4.78, 5) is 44.0. The van der Waals surface area contributed by atoms with Crippen molar-refractivity contribution in [2.75, 3.05) is 39.3 Å². The van der Waals surface area contributed by atoms with Gasteiger partial charge in [0.1, 0.15) is 11.2 Å². The first-order valence-electron chi connectivity index (χ1n) is 25.1. The molecule has 67 heavy (non-hydrogen) atoms. The zero-order chi connectivity index (χ0) is 47.8. The molecule has 0 bridgehead atoms. The number of amides is 1. The fraction of sp³-hybridized carbons (Fsp3) is 0.727. The third kappa shape index (κ3) is 16.6. The Morgan fingerprint density at radius 2 is 1.03 bits per heavy atom. The second-order valence-corrected chi connectivity index (χ2v) is 23.5. The lowest BCUT2D eigenvalue weighted by Crippen LogP contribution is -2.53. The Balaban J connectivity index is 0.000000363. The number of piperidine rings is 2. The van der Waals surface area contributed by atoms with Crippen LogP contribution in [0.1, 0.15) is 180 Å². The summed E-state index contributed by atoms with van der Waals surface area (Å²) in [5, 5.41) is 12.9. The number of hydrogen-bond donors (Lipinski definition) is 2. The number of esters is 1. The molecule has 2 aromatic rings. The average molecular weight is 974 g/mol. The van der Waals surface area contributed by atoms with Gasteiger partial charge in [0.2, 0.25) is 0 Å². The van der Waals surface area contributed by atoms with E-state index in [0.29, 0.717) is 5.54 Å². The van der Waals surface area contributed by atoms with E-state index in [9.17, 15) is 19.5 Å². The Hall–Kier alpha value is -2.89. The molecule has 4 saturated heterocycles. The largest absolute Gasteiger partial charge is 0.481 e. The SMILES string of the molecule is Cc1ccc(CN2CCCC23CCN(C(=O)OC(C)(C)C)CC3)c(CCCC(C)(C)C(=O)OC(C)(C)C)c1.Cc1ccc(CN2CCCC23CCNCC3)c(CCCC(C)(C)C(=O)O)c1.Cl.Cl. The van der Waals surface area contributed by atoms with Crippen molar-refractivity contribution >= 4 is 42.8 Å². The summed E-state index contributed by atoms with van der Waals surface area (Å²) >= 11 is 0. The van der Waals surface area contributed by atoms with Crippen molar-refractivity contribution in [3.05, 3.63) is 69.8 Å². The smallest absolute Gasteiger partial charge is 0.410 e. The van der Waals surface area contributed by atoms with Gasteiger partial charge in [-0.1, -0.05) is 47.5 Å². The lowest BCUT2D eigenvalue weighted by molar-refractivity contribution is -0.166. The van der Waals surface area contributed by atoms with Crippen molar-refractivity contribution in [2.24, 2.45) is 10.8 Å². The Labute approximate surface area is 418 Å². The molecule has 10 nitrogen and oxygen atoms in total. The van der Waals surface area contributed by atoms with E-state index in [-0.39, 0.29) is 42.4 Å². The Kier molecular flexibility index (Phi) is 21.2. The molecule has 2 aromatic carbocycles. The molecule has 4 fully saturated rings. The molecule has 2 N–H and O–H groups in total. The molecular formula is C55H90Cl2N4O6. The minimum atomic E-state index is -0.697. The van der Waals surface area contributed by atoms with Gasteiger partial charge < -0.3 is 24.8 Å². The number of halogens is 2. The van der Waals surface area contributed by atoms with E-state index in [2.05, 4.69) is 65.4 Å². The summed E-state index contributed by atoms with van der Waals surface area (Å²) in [6, 6.07) is 13.7. The zero-order valence-electron chi connectivity index (χ0n) is 43.7. The number of nitrogens with zero attached hydrogens (tertiary/aromatic N) is 3. The van der Waals surface area contributed by atoms with E-state index in [4.69, 9.17) is 9.47 Å². The summed E-state index contributed by atoms with van der Waals surface area (Å²) in [6.07, 6.45) is 14.7. The van der Waals surface area contributed by atoms with E-state index in [0.717, 1.165) is 97.2 Å². The second kappa shape index (κ2) is 24.3. The molecule has 4 aliphatic rings. The fourth-order valence-corrected chi connectivity index (χ4v) is 10.7. The van der Waals surface area contributed by atoms with E-state index in [1.165, 1.54) is 78.5 Å². The monoisotopic (exact) mass is 973 g/mol. The standard InChI is InChI=1S/C32H52N2O4.C23H36N2O2.2ClH/c1-24-13-14-26(25(22-24)12-10-15-31(8,9)27(35)37-29(2,3)4)23-34-19-11-16-32(34)17-20-33(21-18-32)28(36)38-30(5,6)7;1-18-7-8-20(19(16-18)6-4-9-22(2,3)21(26)27)17-25-15-5-10-23(25)11-13-24-14-12-23;;/h13-14,22H,10-12,15-21,23H2,1-9H3;7-8,16,24H,4-6,9-15,17H2,1-3H3,(H,26,27);2*1H. The summed E-state index contributed by atoms with van der Waals surface area (Å²) in [5.74, 6) is -0.817. The maximum atomic E-state index is 12.7. The van der Waals surface area contributed by atoms with Crippen LogP contribution in [-0.2, 0) is 45.0 Å². The molecule has 0 atom stereocenters. The molecule has 6 rings (SSSR count). The number of likely N-dealkylation sites (tertiary alicyclic amines) is 3. The van der Waals surface area contributed by atoms with Gasteiger partial charge in [-0.15, -0.1) is 24.8 Å². The predicted molar refractivity (Wildman–Crippen MR) is 278 cm³/mol. The van der Waals surface area contributed by atoms with Gasteiger partial charge in [-0.25, -0.2) is 4.79 Å². The summed E-state index contributed by atoms with van der Waals surface area (Å²) < 4.78 is 11.3. The Bertz CT molecular complexity index is 1920. The predicted octanol–water partition coefficient (Wildman–Crippen LogP) is 12.0. The topological polar surface area (TPSA) is 112 Å². The molecule has 4 aliphatic heterocycles. The van der Waals surface area contributed by atoms with Gasteiger partial charge in [0.05, 0.1) is 10.8 Å². The normalized spacial score (nSPS) is 18.7. The molecule has 380 valence electrons. The van der Waals surface area contributed by atoms with Gasteiger partial charge in [0.25, 0.3) is 0 Å². The molecule has 1 amide bonds. The molecule has 0 radical (unpaired) electrons. The van der Waals surface area contributed by atoms with E-state index in [1.807, 2.05) is 74.1 Å². The van der Waals surface area contributed by atoms with Gasteiger partial charge in [-0.2, -0.15) is 0 Å². The zero-order valence-corrected chi connectivity index (χ0v) is 45.3. The molecule has 0 aliphatic carbocycles. The number of aryl methyl sites for hydroxylation is 4. The van der Waals surface area contributed by atoms with Crippen molar-refractivity contribution in [1.82, 2.24) is 20.0 Å². The molecular weight excluding hydrogens is 884 g/mol. The number of carbonyl (C=O) groups excluding carboxylic acids is 2. The summed E-state index contributed by atoms with van der Waals surface area (Å²) in [5.41, 5.74) is 6.69. The van der Waals surface area contributed by atoms with E-state index >= 15 is 0 Å². The maximum Gasteiger partial charge on any atom is 0.410 e. The molecule has 4 heterocycles. The van der Waals surface area contributed by atoms with Crippen LogP contribution in [0.3, 0.4) is 0 Å². The number of carboxylic acids is 1. The van der Waals surface area contributed by atoms with Crippen LogP contribution >= 0.6 is 24.8 Å². The van der Waals surface area contributed by atoms with Crippen molar-refractivity contribution in [1.29, 1.82) is 0 Å². The second-order valence-electron chi connectivity index (χ2n) is 23.5. The molecule has 0 unspecified atom stereocenters. The number of hydrogen-bond acceptors (Lipinski definition) is 8. The van der Waals surface area contributed by atoms with E-state index in [1.54, 1.807) is 0 Å². The van der Waals surface area contributed by atoms with Crippen LogP contribution in [0.25, 0.3) is 0 Å². The van der Waals surface area contributed by atoms with E-state index < -0.39 is 28.0 Å². The van der Waals surface area contributed by atoms with Gasteiger partial charge in [-0.3, -0.25) is 19.4 Å². The van der Waals surface area contributed by atoms with Crippen molar-refractivity contribution < 1.29 is 29.0 Å². The first kappa shape index (κ1) is 58.4. The summed E-state index contributed by atoms with van der Waals surface area (Å²) in [7, 11) is 0. The van der Waals surface area contributed by atoms with Gasteiger partial charge in [0.15, 0.2) is 0 Å². The number of carboxylic acid groups (broad SMARTS) is 1. The first-order valence-corrected chi connectivity index (χ1v) is 25.1. The highest BCUT2D eigenvalue weighted by Crippen LogP contribution is 2.41. The van der Waals surface area contributed by atoms with Gasteiger partial charge in [0, 0.05) is 37.3 Å². The number of aliphatic carboxylic acids is 1. The van der Waals surface area contributed by atoms with Crippen LogP contribution in [0, 0.1) is 24.7 Å². The lowest BCUT2D eigenvalue weighted by Gasteiger charge is -2.45. The quantitative estimate of drug-likeness (QED) is 0.179. The van der Waals surface area contributed by atoms with Crippen LogP contribution in [0.4, 0.5) is 4.79 Å². The molecule has 0 saturated carbocycles. The van der Waals surface area contributed by atoms with Crippen molar-refractivity contribution in [2.45, 2.75) is 208 Å². The van der Waals surface area contributed by atoms with Crippen molar-refractivity contribution in [3.63, 3.8) is 0 Å². The van der Waals surface area contributed by atoms with Gasteiger partial charge in [-0.05, 0) is 221 Å². The van der Waals surface area contributed by atoms with Crippen LogP contribution in [-0.4, -0.2) is 99.4 Å². The summed E-state index contributed by atoms with van der Waals surface area (Å²) in [6.45, 7) is 31.6. The molecule has 12 heteroatoms. The van der Waals surface area contributed by atoms with Crippen LogP contribution in [0.15, 0.2) is 36.4 Å². The highest BCUT2D eigenvalue weighted by atomic mass is 35.5. The van der Waals surface area contributed by atoms with Crippen LogP contribution in [0.2, 0.25) is 0 Å². The highest BCUT2D eigenvalue weighted by Gasteiger charge is 2.45. The maximum absolute atomic E-state index is 12.7. The third-order valence-electron chi connectivity index (χ3n) is 14.8. The lowest BCUT2D eigenvalue weighted by atomic mass is 9.84. The Morgan fingerprint density at radius 3 is 1.46 bits per heavy atom. The number of ether oxygens (including phenoxy) is 2. The molecule has 2 spiro atoms. The minimum Gasteiger partial charge on any atom is -0.481 e. The third-order valence-corrected chi connectivity index (χ3v) is 14.8. The van der Waals surface area contributed by atoms with Crippen LogP contribution < -0.4 is 5.32 Å². The van der Waals surface area contributed by atoms with Gasteiger partial charge >= 0.3 is 18.0 Å².